The van der Waals surface area contributed by atoms with E-state index in [-0.39, 0.29) is 5.92 Å². The fourth-order valence-electron chi connectivity index (χ4n) is 1.87. The lowest BCUT2D eigenvalue weighted by Crippen LogP contribution is -2.02. The van der Waals surface area contributed by atoms with E-state index < -0.39 is 5.97 Å². The monoisotopic (exact) mass is 220 g/mol. The van der Waals surface area contributed by atoms with Crippen molar-refractivity contribution in [2.45, 2.75) is 19.4 Å². The molecule has 0 aliphatic heterocycles. The molecular formula is C13H16O3. The molecule has 1 aromatic carbocycles. The number of aliphatic carboxylic acids is 1. The van der Waals surface area contributed by atoms with Gasteiger partial charge in [-0.25, -0.2) is 0 Å². The molecule has 1 saturated carbocycles. The van der Waals surface area contributed by atoms with Crippen molar-refractivity contribution < 1.29 is 14.6 Å². The van der Waals surface area contributed by atoms with Crippen LogP contribution in [0.2, 0.25) is 0 Å². The standard InChI is InChI=1S/C13H16O3/c14-13(15)12-8-11(12)6-7-16-9-10-4-2-1-3-5-10/h1-5,11-12H,6-9H2,(H,14,15)/t11-,12?/m0/s1. The number of carboxylic acids is 1. The number of carboxylic acid groups (broad SMARTS) is 1. The Balaban J connectivity index is 1.58. The molecule has 1 N–H and O–H groups in total. The predicted molar refractivity (Wildman–Crippen MR) is 59.9 cm³/mol. The SMILES string of the molecule is O=C(O)C1C[C@@H]1CCOCc1ccccc1. The first kappa shape index (κ1) is 11.1. The zero-order chi connectivity index (χ0) is 11.4. The van der Waals surface area contributed by atoms with Crippen LogP contribution in [0.25, 0.3) is 0 Å². The summed E-state index contributed by atoms with van der Waals surface area (Å²) in [6.45, 7) is 1.27. The molecular weight excluding hydrogens is 204 g/mol. The largest absolute Gasteiger partial charge is 0.481 e. The summed E-state index contributed by atoms with van der Waals surface area (Å²) >= 11 is 0. The van der Waals surface area contributed by atoms with E-state index >= 15 is 0 Å². The summed E-state index contributed by atoms with van der Waals surface area (Å²) in [4.78, 5) is 10.6. The van der Waals surface area contributed by atoms with E-state index in [4.69, 9.17) is 9.84 Å². The third-order valence-electron chi connectivity index (χ3n) is 2.98. The Morgan fingerprint density at radius 3 is 2.75 bits per heavy atom. The van der Waals surface area contributed by atoms with Crippen LogP contribution in [0.15, 0.2) is 30.3 Å². The predicted octanol–water partition coefficient (Wildman–Crippen LogP) is 2.31. The van der Waals surface area contributed by atoms with E-state index in [1.165, 1.54) is 0 Å². The third-order valence-corrected chi connectivity index (χ3v) is 2.98. The van der Waals surface area contributed by atoms with Crippen molar-refractivity contribution in [3.05, 3.63) is 35.9 Å². The average Bonchev–Trinajstić information content (AvgIpc) is 3.05. The second-order valence-corrected chi connectivity index (χ2v) is 4.27. The highest BCUT2D eigenvalue weighted by molar-refractivity contribution is 5.73. The molecule has 3 nitrogen and oxygen atoms in total. The van der Waals surface area contributed by atoms with Crippen LogP contribution in [0.3, 0.4) is 0 Å². The van der Waals surface area contributed by atoms with Gasteiger partial charge in [0.1, 0.15) is 0 Å². The zero-order valence-electron chi connectivity index (χ0n) is 9.13. The van der Waals surface area contributed by atoms with Crippen molar-refractivity contribution in [1.29, 1.82) is 0 Å². The minimum absolute atomic E-state index is 0.111. The molecule has 1 aliphatic rings. The van der Waals surface area contributed by atoms with Crippen LogP contribution in [0.4, 0.5) is 0 Å². The number of hydrogen-bond donors (Lipinski definition) is 1. The molecule has 86 valence electrons. The zero-order valence-corrected chi connectivity index (χ0v) is 9.13. The molecule has 2 atom stereocenters. The van der Waals surface area contributed by atoms with Crippen LogP contribution >= 0.6 is 0 Å². The summed E-state index contributed by atoms with van der Waals surface area (Å²) in [5, 5.41) is 8.72. The first-order valence-corrected chi connectivity index (χ1v) is 5.62. The molecule has 0 spiro atoms. The van der Waals surface area contributed by atoms with E-state index in [0.29, 0.717) is 19.1 Å². The molecule has 1 unspecified atom stereocenters. The Kier molecular flexibility index (Phi) is 3.57. The number of hydrogen-bond acceptors (Lipinski definition) is 2. The highest BCUT2D eigenvalue weighted by atomic mass is 16.5. The maximum atomic E-state index is 10.6. The second-order valence-electron chi connectivity index (χ2n) is 4.27. The molecule has 0 aromatic heterocycles. The summed E-state index contributed by atoms with van der Waals surface area (Å²) in [6.07, 6.45) is 1.69. The van der Waals surface area contributed by atoms with Crippen LogP contribution in [0.1, 0.15) is 18.4 Å². The molecule has 16 heavy (non-hydrogen) atoms. The Bertz CT molecular complexity index is 347. The first-order valence-electron chi connectivity index (χ1n) is 5.62. The summed E-state index contributed by atoms with van der Waals surface area (Å²) < 4.78 is 5.51. The molecule has 0 radical (unpaired) electrons. The lowest BCUT2D eigenvalue weighted by Gasteiger charge is -2.03. The summed E-state index contributed by atoms with van der Waals surface area (Å²) in [6, 6.07) is 10.00. The van der Waals surface area contributed by atoms with E-state index in [0.717, 1.165) is 18.4 Å². The Hall–Kier alpha value is -1.35. The third kappa shape index (κ3) is 3.07. The van der Waals surface area contributed by atoms with Crippen molar-refractivity contribution in [1.82, 2.24) is 0 Å². The second kappa shape index (κ2) is 5.12. The van der Waals surface area contributed by atoms with Gasteiger partial charge in [-0.05, 0) is 24.3 Å². The van der Waals surface area contributed by atoms with Crippen LogP contribution < -0.4 is 0 Å². The summed E-state index contributed by atoms with van der Waals surface area (Å²) in [5.74, 6) is -0.429. The lowest BCUT2D eigenvalue weighted by atomic mass is 10.2. The van der Waals surface area contributed by atoms with Crippen LogP contribution in [0, 0.1) is 11.8 Å². The van der Waals surface area contributed by atoms with Gasteiger partial charge in [-0.2, -0.15) is 0 Å². The van der Waals surface area contributed by atoms with Crippen molar-refractivity contribution in [2.24, 2.45) is 11.8 Å². The van der Waals surface area contributed by atoms with Gasteiger partial charge in [-0.1, -0.05) is 30.3 Å². The molecule has 3 heteroatoms. The van der Waals surface area contributed by atoms with Gasteiger partial charge in [0.2, 0.25) is 0 Å². The van der Waals surface area contributed by atoms with Crippen molar-refractivity contribution in [3.8, 4) is 0 Å². The molecule has 0 amide bonds. The number of rotatable bonds is 6. The summed E-state index contributed by atoms with van der Waals surface area (Å²) in [5.41, 5.74) is 1.16. The topological polar surface area (TPSA) is 46.5 Å². The normalized spacial score (nSPS) is 23.0. The van der Waals surface area contributed by atoms with E-state index in [1.807, 2.05) is 30.3 Å². The van der Waals surface area contributed by atoms with Crippen LogP contribution in [-0.2, 0) is 16.1 Å². The van der Waals surface area contributed by atoms with E-state index in [2.05, 4.69) is 0 Å². The summed E-state index contributed by atoms with van der Waals surface area (Å²) in [7, 11) is 0. The Labute approximate surface area is 95.0 Å². The molecule has 2 rings (SSSR count). The van der Waals surface area contributed by atoms with Gasteiger partial charge in [0.25, 0.3) is 0 Å². The molecule has 0 saturated heterocycles. The Morgan fingerprint density at radius 2 is 2.12 bits per heavy atom. The van der Waals surface area contributed by atoms with Gasteiger partial charge in [-0.15, -0.1) is 0 Å². The van der Waals surface area contributed by atoms with Crippen molar-refractivity contribution >= 4 is 5.97 Å². The van der Waals surface area contributed by atoms with Crippen molar-refractivity contribution in [3.63, 3.8) is 0 Å². The number of carbonyl (C=O) groups is 1. The minimum Gasteiger partial charge on any atom is -0.481 e. The highest BCUT2D eigenvalue weighted by Crippen LogP contribution is 2.41. The fourth-order valence-corrected chi connectivity index (χ4v) is 1.87. The molecule has 0 heterocycles. The maximum absolute atomic E-state index is 10.6. The van der Waals surface area contributed by atoms with E-state index in [1.54, 1.807) is 0 Å². The van der Waals surface area contributed by atoms with Gasteiger partial charge in [0.05, 0.1) is 12.5 Å². The van der Waals surface area contributed by atoms with Crippen LogP contribution in [-0.4, -0.2) is 17.7 Å². The highest BCUT2D eigenvalue weighted by Gasteiger charge is 2.42. The molecule has 0 bridgehead atoms. The van der Waals surface area contributed by atoms with Crippen molar-refractivity contribution in [2.75, 3.05) is 6.61 Å². The smallest absolute Gasteiger partial charge is 0.306 e. The first-order chi connectivity index (χ1) is 7.77. The number of ether oxygens (including phenoxy) is 1. The molecule has 1 aromatic rings. The van der Waals surface area contributed by atoms with Gasteiger partial charge in [0, 0.05) is 6.61 Å². The average molecular weight is 220 g/mol. The molecule has 1 fully saturated rings. The Morgan fingerprint density at radius 1 is 1.38 bits per heavy atom. The quantitative estimate of drug-likeness (QED) is 0.748. The van der Waals surface area contributed by atoms with Gasteiger partial charge >= 0.3 is 5.97 Å². The molecule has 1 aliphatic carbocycles. The fraction of sp³-hybridized carbons (Fsp3) is 0.462. The number of benzene rings is 1. The lowest BCUT2D eigenvalue weighted by molar-refractivity contribution is -0.138. The maximum Gasteiger partial charge on any atom is 0.306 e. The van der Waals surface area contributed by atoms with Gasteiger partial charge in [0.15, 0.2) is 0 Å². The van der Waals surface area contributed by atoms with E-state index in [9.17, 15) is 4.79 Å². The van der Waals surface area contributed by atoms with Gasteiger partial charge < -0.3 is 9.84 Å². The van der Waals surface area contributed by atoms with Gasteiger partial charge in [-0.3, -0.25) is 4.79 Å². The minimum atomic E-state index is -0.659. The van der Waals surface area contributed by atoms with Crippen LogP contribution in [0.5, 0.6) is 0 Å².